The molecule has 0 aromatic heterocycles. The Morgan fingerprint density at radius 2 is 2.20 bits per heavy atom. The van der Waals surface area contributed by atoms with Gasteiger partial charge in [-0.1, -0.05) is 19.9 Å². The van der Waals surface area contributed by atoms with E-state index in [-0.39, 0.29) is 0 Å². The molecule has 0 unspecified atom stereocenters. The van der Waals surface area contributed by atoms with Gasteiger partial charge in [-0.2, -0.15) is 0 Å². The fraction of sp³-hybridized carbons (Fsp3) is 0.571. The minimum atomic E-state index is -3.45. The summed E-state index contributed by atoms with van der Waals surface area (Å²) in [5.41, 5.74) is 2.09. The van der Waals surface area contributed by atoms with Crippen molar-refractivity contribution in [2.75, 3.05) is 31.6 Å². The lowest BCUT2D eigenvalue weighted by molar-refractivity contribution is 0.114. The van der Waals surface area contributed by atoms with Gasteiger partial charge in [-0.15, -0.1) is 0 Å². The summed E-state index contributed by atoms with van der Waals surface area (Å²) in [5.74, 6) is 0.453. The maximum atomic E-state index is 12.1. The van der Waals surface area contributed by atoms with Gasteiger partial charge in [0.1, 0.15) is 0 Å². The van der Waals surface area contributed by atoms with Crippen molar-refractivity contribution < 1.29 is 13.2 Å². The number of benzene rings is 1. The second kappa shape index (κ2) is 6.56. The highest BCUT2D eigenvalue weighted by atomic mass is 32.2. The number of hydrogen-bond donors (Lipinski definition) is 2. The van der Waals surface area contributed by atoms with Crippen molar-refractivity contribution in [2.24, 2.45) is 5.92 Å². The van der Waals surface area contributed by atoms with Gasteiger partial charge in [-0.05, 0) is 30.0 Å². The first-order chi connectivity index (χ1) is 9.49. The molecule has 1 aliphatic heterocycles. The Kier molecular flexibility index (Phi) is 5.01. The van der Waals surface area contributed by atoms with Crippen LogP contribution in [0.2, 0.25) is 0 Å². The molecular formula is C14H22N2O3S. The van der Waals surface area contributed by atoms with E-state index in [9.17, 15) is 8.42 Å². The third-order valence-electron chi connectivity index (χ3n) is 3.09. The van der Waals surface area contributed by atoms with Gasteiger partial charge in [0.15, 0.2) is 0 Å². The van der Waals surface area contributed by atoms with Gasteiger partial charge in [0.25, 0.3) is 0 Å². The molecule has 0 spiro atoms. The molecule has 0 atom stereocenters. The van der Waals surface area contributed by atoms with Crippen LogP contribution in [0.3, 0.4) is 0 Å². The van der Waals surface area contributed by atoms with Gasteiger partial charge in [0, 0.05) is 25.4 Å². The lowest BCUT2D eigenvalue weighted by Gasteiger charge is -2.10. The predicted molar refractivity (Wildman–Crippen MR) is 79.5 cm³/mol. The maximum Gasteiger partial charge on any atom is 0.240 e. The van der Waals surface area contributed by atoms with Crippen LogP contribution in [0.5, 0.6) is 0 Å². The van der Waals surface area contributed by atoms with E-state index in [2.05, 4.69) is 23.9 Å². The molecule has 0 bridgehead atoms. The Morgan fingerprint density at radius 1 is 1.40 bits per heavy atom. The molecule has 1 aromatic rings. The SMILES string of the molecule is CC(C)COCCNS(=O)(=O)c1ccc2c(c1)NCC2. The number of ether oxygens (including phenoxy) is 1. The average molecular weight is 298 g/mol. The topological polar surface area (TPSA) is 67.4 Å². The zero-order chi connectivity index (χ0) is 14.6. The smallest absolute Gasteiger partial charge is 0.240 e. The van der Waals surface area contributed by atoms with Crippen LogP contribution in [0.1, 0.15) is 19.4 Å². The first-order valence-corrected chi connectivity index (χ1v) is 8.41. The first-order valence-electron chi connectivity index (χ1n) is 6.93. The lowest BCUT2D eigenvalue weighted by Crippen LogP contribution is -2.28. The molecule has 1 aromatic carbocycles. The quantitative estimate of drug-likeness (QED) is 0.750. The summed E-state index contributed by atoms with van der Waals surface area (Å²) < 4.78 is 32.2. The molecule has 1 heterocycles. The number of nitrogens with one attached hydrogen (secondary N) is 2. The second-order valence-electron chi connectivity index (χ2n) is 5.36. The van der Waals surface area contributed by atoms with Crippen LogP contribution in [-0.4, -0.2) is 34.7 Å². The largest absolute Gasteiger partial charge is 0.384 e. The highest BCUT2D eigenvalue weighted by Gasteiger charge is 2.17. The lowest BCUT2D eigenvalue weighted by atomic mass is 10.2. The summed E-state index contributed by atoms with van der Waals surface area (Å²) in [6.45, 7) is 6.31. The maximum absolute atomic E-state index is 12.1. The van der Waals surface area contributed by atoms with Crippen molar-refractivity contribution in [3.8, 4) is 0 Å². The van der Waals surface area contributed by atoms with Crippen molar-refractivity contribution >= 4 is 15.7 Å². The summed E-state index contributed by atoms with van der Waals surface area (Å²) in [6.07, 6.45) is 0.951. The number of fused-ring (bicyclic) bond motifs is 1. The Bertz CT molecular complexity index is 556. The van der Waals surface area contributed by atoms with Crippen LogP contribution in [0.25, 0.3) is 0 Å². The van der Waals surface area contributed by atoms with E-state index in [1.165, 1.54) is 5.56 Å². The molecule has 6 heteroatoms. The third-order valence-corrected chi connectivity index (χ3v) is 4.55. The summed E-state index contributed by atoms with van der Waals surface area (Å²) >= 11 is 0. The summed E-state index contributed by atoms with van der Waals surface area (Å²) in [6, 6.07) is 5.22. The van der Waals surface area contributed by atoms with E-state index in [4.69, 9.17) is 4.74 Å². The van der Waals surface area contributed by atoms with Crippen molar-refractivity contribution in [2.45, 2.75) is 25.2 Å². The van der Waals surface area contributed by atoms with Crippen LogP contribution >= 0.6 is 0 Å². The Balaban J connectivity index is 1.90. The second-order valence-corrected chi connectivity index (χ2v) is 7.13. The molecular weight excluding hydrogens is 276 g/mol. The standard InChI is InChI=1S/C14H22N2O3S/c1-11(2)10-19-8-7-16-20(17,18)13-4-3-12-5-6-15-14(12)9-13/h3-4,9,11,15-16H,5-8,10H2,1-2H3. The van der Waals surface area contributed by atoms with E-state index in [1.54, 1.807) is 12.1 Å². The van der Waals surface area contributed by atoms with E-state index in [0.717, 1.165) is 18.7 Å². The Hall–Kier alpha value is -1.11. The van der Waals surface area contributed by atoms with Gasteiger partial charge in [-0.25, -0.2) is 13.1 Å². The molecule has 2 rings (SSSR count). The van der Waals surface area contributed by atoms with E-state index in [1.807, 2.05) is 6.07 Å². The molecule has 0 saturated carbocycles. The predicted octanol–water partition coefficient (Wildman–Crippen LogP) is 1.61. The zero-order valence-corrected chi connectivity index (χ0v) is 12.8. The average Bonchev–Trinajstić information content (AvgIpc) is 2.85. The van der Waals surface area contributed by atoms with Crippen LogP contribution in [-0.2, 0) is 21.2 Å². The van der Waals surface area contributed by atoms with Crippen LogP contribution < -0.4 is 10.0 Å². The van der Waals surface area contributed by atoms with Crippen molar-refractivity contribution in [3.63, 3.8) is 0 Å². The van der Waals surface area contributed by atoms with Crippen molar-refractivity contribution in [1.29, 1.82) is 0 Å². The number of rotatable bonds is 7. The Morgan fingerprint density at radius 3 is 2.95 bits per heavy atom. The van der Waals surface area contributed by atoms with Crippen LogP contribution in [0.15, 0.2) is 23.1 Å². The molecule has 5 nitrogen and oxygen atoms in total. The minimum absolute atomic E-state index is 0.291. The molecule has 2 N–H and O–H groups in total. The zero-order valence-electron chi connectivity index (χ0n) is 12.0. The number of sulfonamides is 1. The monoisotopic (exact) mass is 298 g/mol. The summed E-state index contributed by atoms with van der Waals surface area (Å²) in [7, 11) is -3.45. The van der Waals surface area contributed by atoms with E-state index >= 15 is 0 Å². The van der Waals surface area contributed by atoms with Crippen LogP contribution in [0, 0.1) is 5.92 Å². The first kappa shape index (κ1) is 15.3. The molecule has 0 aliphatic carbocycles. The molecule has 0 fully saturated rings. The summed E-state index contributed by atoms with van der Waals surface area (Å²) in [5, 5.41) is 3.18. The van der Waals surface area contributed by atoms with Gasteiger partial charge >= 0.3 is 0 Å². The molecule has 0 radical (unpaired) electrons. The van der Waals surface area contributed by atoms with Crippen LogP contribution in [0.4, 0.5) is 5.69 Å². The van der Waals surface area contributed by atoms with Gasteiger partial charge in [-0.3, -0.25) is 0 Å². The molecule has 0 amide bonds. The number of hydrogen-bond acceptors (Lipinski definition) is 4. The van der Waals surface area contributed by atoms with Crippen molar-refractivity contribution in [3.05, 3.63) is 23.8 Å². The normalized spacial score (nSPS) is 14.3. The van der Waals surface area contributed by atoms with E-state index < -0.39 is 10.0 Å². The third kappa shape index (κ3) is 3.94. The minimum Gasteiger partial charge on any atom is -0.384 e. The Labute approximate surface area is 120 Å². The number of anilines is 1. The highest BCUT2D eigenvalue weighted by molar-refractivity contribution is 7.89. The van der Waals surface area contributed by atoms with Gasteiger partial charge < -0.3 is 10.1 Å². The molecule has 20 heavy (non-hydrogen) atoms. The molecule has 112 valence electrons. The van der Waals surface area contributed by atoms with Crippen molar-refractivity contribution in [1.82, 2.24) is 4.72 Å². The fourth-order valence-corrected chi connectivity index (χ4v) is 3.13. The van der Waals surface area contributed by atoms with Gasteiger partial charge in [0.2, 0.25) is 10.0 Å². The van der Waals surface area contributed by atoms with Gasteiger partial charge in [0.05, 0.1) is 11.5 Å². The molecule has 0 saturated heterocycles. The highest BCUT2D eigenvalue weighted by Crippen LogP contribution is 2.25. The molecule has 1 aliphatic rings. The van der Waals surface area contributed by atoms with E-state index in [0.29, 0.717) is 30.6 Å². The summed E-state index contributed by atoms with van der Waals surface area (Å²) in [4.78, 5) is 0.300. The fourth-order valence-electron chi connectivity index (χ4n) is 2.09.